The molecule has 25 heavy (non-hydrogen) atoms. The molecule has 0 saturated carbocycles. The number of fused-ring (bicyclic) bond motifs is 3. The molecule has 2 aliphatic heterocycles. The van der Waals surface area contributed by atoms with Crippen LogP contribution in [0.15, 0.2) is 30.5 Å². The zero-order valence-corrected chi connectivity index (χ0v) is 13.5. The molecule has 0 saturated heterocycles. The van der Waals surface area contributed by atoms with Crippen LogP contribution in [0, 0.1) is 10.1 Å². The number of nitrogens with one attached hydrogen (secondary N) is 1. The van der Waals surface area contributed by atoms with Crippen molar-refractivity contribution < 1.29 is 4.92 Å². The molecule has 9 nitrogen and oxygen atoms in total. The van der Waals surface area contributed by atoms with Crippen molar-refractivity contribution in [2.24, 2.45) is 0 Å². The number of aromatic amines is 1. The van der Waals surface area contributed by atoms with Crippen LogP contribution < -0.4 is 0 Å². The molecule has 126 valence electrons. The van der Waals surface area contributed by atoms with Crippen LogP contribution in [0.1, 0.15) is 25.6 Å². The molecule has 0 amide bonds. The molecular formula is C16H15N7O2. The van der Waals surface area contributed by atoms with E-state index in [1.165, 1.54) is 12.1 Å². The Labute approximate surface area is 142 Å². The SMILES string of the molecule is CCCCc1nc2nncc-2c2nc(-c3ccc([N+](=O)[O-])cc3)[nH]n12. The van der Waals surface area contributed by atoms with Gasteiger partial charge in [-0.25, -0.2) is 14.5 Å². The van der Waals surface area contributed by atoms with Gasteiger partial charge in [0.1, 0.15) is 5.82 Å². The van der Waals surface area contributed by atoms with Crippen molar-refractivity contribution in [3.05, 3.63) is 46.4 Å². The smallest absolute Gasteiger partial charge is 0.269 e. The predicted octanol–water partition coefficient (Wildman–Crippen LogP) is 2.87. The third kappa shape index (κ3) is 2.59. The summed E-state index contributed by atoms with van der Waals surface area (Å²) in [5.74, 6) is 2.03. The van der Waals surface area contributed by atoms with Crippen molar-refractivity contribution in [3.63, 3.8) is 0 Å². The first-order chi connectivity index (χ1) is 12.2. The molecule has 0 fully saturated rings. The Kier molecular flexibility index (Phi) is 3.60. The molecule has 2 aliphatic rings. The number of nitro benzene ring substituents is 1. The minimum Gasteiger partial charge on any atom is -0.274 e. The standard InChI is InChI=1S/C16H15N7O2/c1-2-3-4-13-18-15-12(9-17-20-15)16-19-14(21-22(13)16)10-5-7-11(8-6-10)23(24)25/h5-9H,2-4H2,1H3,(H,19,21). The lowest BCUT2D eigenvalue weighted by Crippen LogP contribution is -2.05. The van der Waals surface area contributed by atoms with Crippen molar-refractivity contribution in [3.8, 4) is 22.8 Å². The maximum absolute atomic E-state index is 10.8. The van der Waals surface area contributed by atoms with Gasteiger partial charge >= 0.3 is 0 Å². The van der Waals surface area contributed by atoms with Gasteiger partial charge in [-0.15, -0.1) is 5.10 Å². The number of hydrogen-bond acceptors (Lipinski definition) is 6. The maximum atomic E-state index is 10.8. The van der Waals surface area contributed by atoms with Crippen LogP contribution in [-0.2, 0) is 6.42 Å². The summed E-state index contributed by atoms with van der Waals surface area (Å²) in [6.07, 6.45) is 4.49. The van der Waals surface area contributed by atoms with Crippen LogP contribution in [0.25, 0.3) is 28.4 Å². The first kappa shape index (κ1) is 15.2. The third-order valence-electron chi connectivity index (χ3n) is 4.07. The number of aromatic nitrogens is 6. The largest absolute Gasteiger partial charge is 0.274 e. The van der Waals surface area contributed by atoms with E-state index < -0.39 is 4.92 Å². The fraction of sp³-hybridized carbons (Fsp3) is 0.250. The van der Waals surface area contributed by atoms with Gasteiger partial charge in [0.2, 0.25) is 0 Å². The van der Waals surface area contributed by atoms with Gasteiger partial charge in [0.05, 0.1) is 16.7 Å². The molecular weight excluding hydrogens is 322 g/mol. The third-order valence-corrected chi connectivity index (χ3v) is 4.07. The summed E-state index contributed by atoms with van der Waals surface area (Å²) in [4.78, 5) is 19.6. The molecule has 3 heterocycles. The summed E-state index contributed by atoms with van der Waals surface area (Å²) in [6, 6.07) is 6.28. The number of rotatable bonds is 5. The van der Waals surface area contributed by atoms with Crippen molar-refractivity contribution in [2.45, 2.75) is 26.2 Å². The molecule has 0 unspecified atom stereocenters. The molecule has 1 aromatic carbocycles. The van der Waals surface area contributed by atoms with Gasteiger partial charge in [0, 0.05) is 24.1 Å². The monoisotopic (exact) mass is 337 g/mol. The first-order valence-corrected chi connectivity index (χ1v) is 8.01. The number of non-ortho nitro benzene ring substituents is 1. The summed E-state index contributed by atoms with van der Waals surface area (Å²) >= 11 is 0. The normalized spacial score (nSPS) is 11.4. The first-order valence-electron chi connectivity index (χ1n) is 8.01. The van der Waals surface area contributed by atoms with Crippen LogP contribution in [0.4, 0.5) is 5.69 Å². The van der Waals surface area contributed by atoms with Gasteiger partial charge in [0.25, 0.3) is 5.69 Å². The van der Waals surface area contributed by atoms with Gasteiger partial charge in [-0.05, 0) is 18.6 Å². The van der Waals surface area contributed by atoms with Crippen LogP contribution >= 0.6 is 0 Å². The van der Waals surface area contributed by atoms with Crippen LogP contribution in [0.5, 0.6) is 0 Å². The van der Waals surface area contributed by atoms with E-state index in [1.807, 2.05) is 4.52 Å². The van der Waals surface area contributed by atoms with E-state index in [9.17, 15) is 10.1 Å². The number of nitro groups is 1. The number of unbranched alkanes of at least 4 members (excludes halogenated alkanes) is 1. The lowest BCUT2D eigenvalue weighted by molar-refractivity contribution is -0.384. The van der Waals surface area contributed by atoms with E-state index in [2.05, 4.69) is 32.2 Å². The van der Waals surface area contributed by atoms with Gasteiger partial charge in [-0.1, -0.05) is 13.3 Å². The van der Waals surface area contributed by atoms with E-state index in [0.29, 0.717) is 17.3 Å². The Morgan fingerprint density at radius 1 is 1.24 bits per heavy atom. The van der Waals surface area contributed by atoms with Gasteiger partial charge < -0.3 is 0 Å². The number of aryl methyl sites for hydroxylation is 1. The molecule has 0 atom stereocenters. The van der Waals surface area contributed by atoms with E-state index in [1.54, 1.807) is 18.3 Å². The summed E-state index contributed by atoms with van der Waals surface area (Å²) in [7, 11) is 0. The molecule has 0 bridgehead atoms. The highest BCUT2D eigenvalue weighted by Crippen LogP contribution is 2.26. The Balaban J connectivity index is 1.85. The van der Waals surface area contributed by atoms with Gasteiger partial charge in [-0.3, -0.25) is 15.2 Å². The number of H-pyrrole nitrogens is 1. The lowest BCUT2D eigenvalue weighted by atomic mass is 10.2. The fourth-order valence-corrected chi connectivity index (χ4v) is 2.75. The Morgan fingerprint density at radius 2 is 2.04 bits per heavy atom. The molecule has 9 heteroatoms. The average Bonchev–Trinajstić information content (AvgIpc) is 3.26. The highest BCUT2D eigenvalue weighted by atomic mass is 16.6. The summed E-state index contributed by atoms with van der Waals surface area (Å²) < 4.78 is 1.85. The molecule has 0 aliphatic carbocycles. The van der Waals surface area contributed by atoms with Gasteiger partial charge in [0.15, 0.2) is 17.3 Å². The second kappa shape index (κ2) is 5.93. The van der Waals surface area contributed by atoms with Crippen LogP contribution in [0.2, 0.25) is 0 Å². The quantitative estimate of drug-likeness (QED) is 0.442. The van der Waals surface area contributed by atoms with E-state index in [0.717, 1.165) is 36.2 Å². The minimum absolute atomic E-state index is 0.0460. The summed E-state index contributed by atoms with van der Waals surface area (Å²) in [5.41, 5.74) is 2.28. The number of hydrogen-bond donors (Lipinski definition) is 1. The summed E-state index contributed by atoms with van der Waals surface area (Å²) in [5, 5.41) is 22.0. The average molecular weight is 337 g/mol. The molecule has 4 rings (SSSR count). The second-order valence-corrected chi connectivity index (χ2v) is 5.75. The lowest BCUT2D eigenvalue weighted by Gasteiger charge is -2.05. The van der Waals surface area contributed by atoms with E-state index >= 15 is 0 Å². The van der Waals surface area contributed by atoms with Crippen molar-refractivity contribution in [1.82, 2.24) is 29.8 Å². The second-order valence-electron chi connectivity index (χ2n) is 5.75. The predicted molar refractivity (Wildman–Crippen MR) is 90.3 cm³/mol. The Morgan fingerprint density at radius 3 is 2.76 bits per heavy atom. The van der Waals surface area contributed by atoms with Crippen molar-refractivity contribution >= 4 is 11.3 Å². The Hall–Kier alpha value is -3.36. The molecule has 1 N–H and O–H groups in total. The molecule has 2 aromatic rings. The fourth-order valence-electron chi connectivity index (χ4n) is 2.75. The highest BCUT2D eigenvalue weighted by Gasteiger charge is 2.19. The van der Waals surface area contributed by atoms with E-state index in [4.69, 9.17) is 0 Å². The Bertz CT molecular complexity index is 1020. The minimum atomic E-state index is -0.422. The van der Waals surface area contributed by atoms with Crippen LogP contribution in [-0.4, -0.2) is 34.7 Å². The zero-order valence-electron chi connectivity index (χ0n) is 13.5. The van der Waals surface area contributed by atoms with Crippen molar-refractivity contribution in [1.29, 1.82) is 0 Å². The molecule has 0 spiro atoms. The highest BCUT2D eigenvalue weighted by molar-refractivity contribution is 5.75. The number of nitrogens with zero attached hydrogens (tertiary/aromatic N) is 6. The number of benzene rings is 1. The summed E-state index contributed by atoms with van der Waals surface area (Å²) in [6.45, 7) is 2.12. The topological polar surface area (TPSA) is 115 Å². The molecule has 0 radical (unpaired) electrons. The molecule has 1 aromatic heterocycles. The van der Waals surface area contributed by atoms with Gasteiger partial charge in [-0.2, -0.15) is 5.10 Å². The van der Waals surface area contributed by atoms with Crippen molar-refractivity contribution in [2.75, 3.05) is 0 Å². The van der Waals surface area contributed by atoms with Crippen LogP contribution in [0.3, 0.4) is 0 Å². The van der Waals surface area contributed by atoms with E-state index in [-0.39, 0.29) is 5.69 Å². The maximum Gasteiger partial charge on any atom is 0.269 e. The zero-order chi connectivity index (χ0) is 17.4.